The maximum absolute atomic E-state index is 12.6. The van der Waals surface area contributed by atoms with E-state index in [0.717, 1.165) is 64.6 Å². The zero-order valence-corrected chi connectivity index (χ0v) is 26.2. The number of piperazine rings is 1. The van der Waals surface area contributed by atoms with Gasteiger partial charge < -0.3 is 24.3 Å². The van der Waals surface area contributed by atoms with Crippen molar-refractivity contribution < 1.29 is 9.53 Å². The molecule has 1 saturated heterocycles. The van der Waals surface area contributed by atoms with Crippen molar-refractivity contribution in [2.45, 2.75) is 51.2 Å². The van der Waals surface area contributed by atoms with Crippen LogP contribution in [0.2, 0.25) is 5.02 Å². The average molecular weight is 614 g/mol. The van der Waals surface area contributed by atoms with Crippen LogP contribution in [0.3, 0.4) is 0 Å². The second-order valence-corrected chi connectivity index (χ2v) is 12.2. The molecule has 230 valence electrons. The molecule has 1 aromatic heterocycles. The van der Waals surface area contributed by atoms with E-state index in [0.29, 0.717) is 44.8 Å². The molecule has 1 saturated carbocycles. The molecule has 6 rings (SSSR count). The van der Waals surface area contributed by atoms with Crippen LogP contribution in [0, 0.1) is 6.57 Å². The van der Waals surface area contributed by atoms with Gasteiger partial charge in [0.25, 0.3) is 0 Å². The van der Waals surface area contributed by atoms with E-state index in [1.165, 1.54) is 25.3 Å². The lowest BCUT2D eigenvalue weighted by molar-refractivity contribution is -0.128. The number of hydrogen-bond donors (Lipinski definition) is 0. The van der Waals surface area contributed by atoms with Gasteiger partial charge in [0, 0.05) is 55.4 Å². The lowest BCUT2D eigenvalue weighted by Crippen LogP contribution is -2.56. The number of halogens is 1. The summed E-state index contributed by atoms with van der Waals surface area (Å²) >= 11 is 6.71. The van der Waals surface area contributed by atoms with Gasteiger partial charge in [0.15, 0.2) is 0 Å². The molecule has 2 fully saturated rings. The number of carbonyl (C=O) groups excluding carboxylic acids is 1. The average Bonchev–Trinajstić information content (AvgIpc) is 3.02. The number of aromatic nitrogens is 2. The summed E-state index contributed by atoms with van der Waals surface area (Å²) in [5, 5.41) is 2.89. The maximum Gasteiger partial charge on any atom is 0.318 e. The largest absolute Gasteiger partial charge is 0.462 e. The predicted octanol–water partition coefficient (Wildman–Crippen LogP) is 5.22. The zero-order chi connectivity index (χ0) is 30.6. The molecule has 10 heteroatoms. The molecular formula is C34H40ClN7O2. The molecule has 1 unspecified atom stereocenters. The molecule has 9 nitrogen and oxygen atoms in total. The van der Waals surface area contributed by atoms with Crippen LogP contribution in [0.5, 0.6) is 6.01 Å². The minimum absolute atomic E-state index is 0.136. The Morgan fingerprint density at radius 2 is 2.00 bits per heavy atom. The number of carbonyl (C=O) groups is 1. The molecule has 3 aliphatic rings. The normalized spacial score (nSPS) is 18.6. The molecule has 1 aliphatic carbocycles. The number of hydrogen-bond acceptors (Lipinski definition) is 7. The van der Waals surface area contributed by atoms with Crippen molar-refractivity contribution in [3.8, 4) is 6.01 Å². The predicted molar refractivity (Wildman–Crippen MR) is 176 cm³/mol. The molecule has 0 spiro atoms. The Kier molecular flexibility index (Phi) is 9.20. The molecule has 3 aromatic rings. The van der Waals surface area contributed by atoms with Crippen LogP contribution in [0.1, 0.15) is 37.4 Å². The highest BCUT2D eigenvalue weighted by Gasteiger charge is 2.35. The maximum atomic E-state index is 12.6. The topological polar surface area (TPSA) is 69.4 Å². The fourth-order valence-electron chi connectivity index (χ4n) is 6.78. The van der Waals surface area contributed by atoms with E-state index in [1.54, 1.807) is 4.90 Å². The van der Waals surface area contributed by atoms with Crippen LogP contribution in [-0.4, -0.2) is 90.2 Å². The Bertz CT molecular complexity index is 1560. The second-order valence-electron chi connectivity index (χ2n) is 11.8. The van der Waals surface area contributed by atoms with Crippen LogP contribution < -0.4 is 14.5 Å². The van der Waals surface area contributed by atoms with Crippen molar-refractivity contribution in [3.05, 3.63) is 76.8 Å². The Labute approximate surface area is 264 Å². The van der Waals surface area contributed by atoms with Crippen molar-refractivity contribution in [3.63, 3.8) is 0 Å². The Hall–Kier alpha value is -3.87. The van der Waals surface area contributed by atoms with E-state index in [9.17, 15) is 4.79 Å². The van der Waals surface area contributed by atoms with Crippen LogP contribution in [-0.2, 0) is 17.8 Å². The van der Waals surface area contributed by atoms with E-state index in [2.05, 4.69) is 57.3 Å². The molecule has 0 N–H and O–H groups in total. The Morgan fingerprint density at radius 1 is 1.18 bits per heavy atom. The van der Waals surface area contributed by atoms with Crippen LogP contribution in [0.25, 0.3) is 15.6 Å². The molecule has 0 radical (unpaired) electrons. The van der Waals surface area contributed by atoms with Gasteiger partial charge in [-0.05, 0) is 49.4 Å². The molecule has 44 heavy (non-hydrogen) atoms. The summed E-state index contributed by atoms with van der Waals surface area (Å²) in [4.78, 5) is 35.0. The van der Waals surface area contributed by atoms with Gasteiger partial charge in [-0.2, -0.15) is 9.97 Å². The summed E-state index contributed by atoms with van der Waals surface area (Å²) in [5.74, 6) is 0.719. The lowest BCUT2D eigenvalue weighted by atomic mass is 9.91. The van der Waals surface area contributed by atoms with Gasteiger partial charge in [0.05, 0.1) is 17.3 Å². The first-order chi connectivity index (χ1) is 21.5. The van der Waals surface area contributed by atoms with E-state index >= 15 is 0 Å². The number of amides is 1. The van der Waals surface area contributed by atoms with Crippen molar-refractivity contribution in [1.29, 1.82) is 0 Å². The van der Waals surface area contributed by atoms with Crippen LogP contribution in [0.15, 0.2) is 49.1 Å². The van der Waals surface area contributed by atoms with Gasteiger partial charge in [0.1, 0.15) is 18.5 Å². The fourth-order valence-corrected chi connectivity index (χ4v) is 7.06. The number of ether oxygens (including phenoxy) is 1. The highest BCUT2D eigenvalue weighted by molar-refractivity contribution is 6.36. The number of benzene rings is 2. The minimum atomic E-state index is -0.236. The van der Waals surface area contributed by atoms with Crippen LogP contribution >= 0.6 is 11.6 Å². The highest BCUT2D eigenvalue weighted by atomic mass is 35.5. The summed E-state index contributed by atoms with van der Waals surface area (Å²) in [7, 11) is 0. The molecule has 1 amide bonds. The summed E-state index contributed by atoms with van der Waals surface area (Å²) < 4.78 is 6.28. The quantitative estimate of drug-likeness (QED) is 0.229. The highest BCUT2D eigenvalue weighted by Crippen LogP contribution is 2.37. The van der Waals surface area contributed by atoms with Gasteiger partial charge >= 0.3 is 6.01 Å². The first-order valence-electron chi connectivity index (χ1n) is 15.7. The summed E-state index contributed by atoms with van der Waals surface area (Å²) in [6.45, 7) is 19.0. The van der Waals surface area contributed by atoms with Gasteiger partial charge in [0.2, 0.25) is 12.5 Å². The minimum Gasteiger partial charge on any atom is -0.462 e. The lowest BCUT2D eigenvalue weighted by Gasteiger charge is -2.41. The SMILES string of the molecule is [C-]#[N+]CC1CN(c2nc(OCCN(CC)C3CCC3)nc3c2CCN(c2cccc4cccc(Cl)c24)C3)CCN1C(=O)C=C. The Morgan fingerprint density at radius 3 is 2.73 bits per heavy atom. The summed E-state index contributed by atoms with van der Waals surface area (Å²) in [5.41, 5.74) is 3.14. The standard InChI is InChI=1S/C34H40ClN7O2/c1-4-31(43)42-18-17-41(22-26(42)21-36-3)33-27-15-16-40(30-14-7-10-24-9-6-13-28(35)32(24)30)23-29(27)37-34(38-33)44-20-19-39(5-2)25-11-8-12-25/h4,6-7,9-10,13-14,25-26H,1,5,8,11-12,15-23H2,2H3. The van der Waals surface area contributed by atoms with Crippen molar-refractivity contribution in [2.75, 3.05) is 62.2 Å². The van der Waals surface area contributed by atoms with Gasteiger partial charge in [-0.15, -0.1) is 0 Å². The number of rotatable bonds is 10. The Balaban J connectivity index is 1.30. The summed E-state index contributed by atoms with van der Waals surface area (Å²) in [6, 6.07) is 13.1. The number of fused-ring (bicyclic) bond motifs is 2. The monoisotopic (exact) mass is 613 g/mol. The third-order valence-corrected chi connectivity index (χ3v) is 9.66. The fraction of sp³-hybridized carbons (Fsp3) is 0.471. The number of nitrogens with zero attached hydrogens (tertiary/aromatic N) is 7. The van der Waals surface area contributed by atoms with E-state index in [4.69, 9.17) is 32.9 Å². The van der Waals surface area contributed by atoms with E-state index < -0.39 is 0 Å². The number of anilines is 2. The molecule has 0 bridgehead atoms. The molecule has 3 heterocycles. The van der Waals surface area contributed by atoms with Crippen LogP contribution in [0.4, 0.5) is 11.5 Å². The van der Waals surface area contributed by atoms with E-state index in [-0.39, 0.29) is 18.5 Å². The third-order valence-electron chi connectivity index (χ3n) is 9.34. The van der Waals surface area contributed by atoms with Crippen molar-refractivity contribution in [1.82, 2.24) is 19.8 Å². The molecular weight excluding hydrogens is 574 g/mol. The number of likely N-dealkylation sites (N-methyl/N-ethyl adjacent to an activating group) is 1. The summed E-state index contributed by atoms with van der Waals surface area (Å²) in [6.07, 6.45) is 5.91. The smallest absolute Gasteiger partial charge is 0.318 e. The van der Waals surface area contributed by atoms with Gasteiger partial charge in [-0.25, -0.2) is 6.57 Å². The molecule has 1 atom stereocenters. The second kappa shape index (κ2) is 13.4. The van der Waals surface area contributed by atoms with E-state index in [1.807, 2.05) is 12.1 Å². The third kappa shape index (κ3) is 6.06. The first-order valence-corrected chi connectivity index (χ1v) is 16.1. The van der Waals surface area contributed by atoms with Gasteiger partial charge in [-0.3, -0.25) is 9.69 Å². The first kappa shape index (κ1) is 30.2. The van der Waals surface area contributed by atoms with Gasteiger partial charge in [-0.1, -0.05) is 55.8 Å². The zero-order valence-electron chi connectivity index (χ0n) is 25.4. The van der Waals surface area contributed by atoms with Crippen molar-refractivity contribution >= 4 is 39.8 Å². The molecule has 2 aliphatic heterocycles. The van der Waals surface area contributed by atoms with Crippen molar-refractivity contribution in [2.24, 2.45) is 0 Å². The molecule has 2 aromatic carbocycles.